The Balaban J connectivity index is 2.44. The lowest BCUT2D eigenvalue weighted by atomic mass is 9.91. The number of fused-ring (bicyclic) bond motifs is 3. The molecule has 0 saturated carbocycles. The molecule has 0 radical (unpaired) electrons. The molecule has 4 nitrogen and oxygen atoms in total. The summed E-state index contributed by atoms with van der Waals surface area (Å²) < 4.78 is 7.53. The Kier molecular flexibility index (Phi) is 2.47. The Morgan fingerprint density at radius 1 is 1.37 bits per heavy atom. The number of pyridine rings is 1. The molecule has 1 aromatic carbocycles. The van der Waals surface area contributed by atoms with Gasteiger partial charge in [-0.25, -0.2) is 0 Å². The van der Waals surface area contributed by atoms with Crippen molar-refractivity contribution in [1.29, 1.82) is 0 Å². The molecular formula is C15H17NO3. The molecule has 0 spiro atoms. The number of aliphatic hydroxyl groups excluding tert-OH is 1. The van der Waals surface area contributed by atoms with Crippen LogP contribution in [0.15, 0.2) is 29.1 Å². The van der Waals surface area contributed by atoms with E-state index < -0.39 is 11.7 Å². The number of para-hydroxylation sites is 1. The Bertz CT molecular complexity index is 715. The third kappa shape index (κ3) is 1.75. The maximum atomic E-state index is 12.4. The second-order valence-corrected chi connectivity index (χ2v) is 5.71. The van der Waals surface area contributed by atoms with Crippen LogP contribution < -0.4 is 10.3 Å². The summed E-state index contributed by atoms with van der Waals surface area (Å²) in [5, 5.41) is 11.1. The van der Waals surface area contributed by atoms with Crippen LogP contribution in [0, 0.1) is 0 Å². The summed E-state index contributed by atoms with van der Waals surface area (Å²) in [6.45, 7) is 3.84. The third-order valence-electron chi connectivity index (χ3n) is 3.69. The van der Waals surface area contributed by atoms with E-state index in [4.69, 9.17) is 4.74 Å². The number of nitrogens with zero attached hydrogens (tertiary/aromatic N) is 1. The van der Waals surface area contributed by atoms with Crippen LogP contribution in [0.5, 0.6) is 5.75 Å². The second-order valence-electron chi connectivity index (χ2n) is 5.71. The number of hydrogen-bond donors (Lipinski definition) is 1. The van der Waals surface area contributed by atoms with Gasteiger partial charge in [-0.1, -0.05) is 12.1 Å². The molecule has 3 rings (SSSR count). The van der Waals surface area contributed by atoms with E-state index in [1.165, 1.54) is 0 Å². The number of hydrogen-bond acceptors (Lipinski definition) is 3. The standard InChI is InChI=1S/C15H17NO3/c1-15(2)8-11(17)12-13(19-15)9-6-4-5-7-10(9)16(3)14(12)18/h4-7,11,17H,8H2,1-3H3. The average Bonchev–Trinajstić information content (AvgIpc) is 2.34. The number of benzene rings is 1. The Labute approximate surface area is 111 Å². The molecule has 100 valence electrons. The van der Waals surface area contributed by atoms with Gasteiger partial charge in [-0.05, 0) is 26.0 Å². The van der Waals surface area contributed by atoms with Gasteiger partial charge in [0.05, 0.1) is 17.2 Å². The highest BCUT2D eigenvalue weighted by molar-refractivity contribution is 5.87. The van der Waals surface area contributed by atoms with Crippen LogP contribution in [-0.2, 0) is 7.05 Å². The van der Waals surface area contributed by atoms with Crippen molar-refractivity contribution in [2.75, 3.05) is 0 Å². The van der Waals surface area contributed by atoms with E-state index in [1.807, 2.05) is 38.1 Å². The first-order valence-electron chi connectivity index (χ1n) is 6.39. The van der Waals surface area contributed by atoms with Crippen LogP contribution in [0.25, 0.3) is 10.9 Å². The SMILES string of the molecule is Cn1c(=O)c2c(c3ccccc31)OC(C)(C)CC2O. The molecule has 0 bridgehead atoms. The minimum atomic E-state index is -0.776. The van der Waals surface area contributed by atoms with E-state index in [9.17, 15) is 9.90 Å². The van der Waals surface area contributed by atoms with E-state index in [0.717, 1.165) is 10.9 Å². The van der Waals surface area contributed by atoms with Crippen molar-refractivity contribution in [3.8, 4) is 5.75 Å². The van der Waals surface area contributed by atoms with Gasteiger partial charge in [-0.2, -0.15) is 0 Å². The summed E-state index contributed by atoms with van der Waals surface area (Å²) in [5.41, 5.74) is 0.537. The largest absolute Gasteiger partial charge is 0.486 e. The zero-order chi connectivity index (χ0) is 13.8. The topological polar surface area (TPSA) is 51.5 Å². The molecule has 1 aromatic heterocycles. The Hall–Kier alpha value is -1.81. The van der Waals surface area contributed by atoms with Crippen LogP contribution in [-0.4, -0.2) is 15.3 Å². The zero-order valence-corrected chi connectivity index (χ0v) is 11.3. The van der Waals surface area contributed by atoms with Gasteiger partial charge in [0, 0.05) is 18.9 Å². The highest BCUT2D eigenvalue weighted by Crippen LogP contribution is 2.41. The van der Waals surface area contributed by atoms with Crippen LogP contribution in [0.4, 0.5) is 0 Å². The first-order valence-corrected chi connectivity index (χ1v) is 6.39. The Morgan fingerprint density at radius 2 is 2.05 bits per heavy atom. The van der Waals surface area contributed by atoms with Crippen molar-refractivity contribution in [2.24, 2.45) is 7.05 Å². The highest BCUT2D eigenvalue weighted by atomic mass is 16.5. The summed E-state index contributed by atoms with van der Waals surface area (Å²) in [7, 11) is 1.72. The van der Waals surface area contributed by atoms with Crippen molar-refractivity contribution >= 4 is 10.9 Å². The molecule has 2 aromatic rings. The summed E-state index contributed by atoms with van der Waals surface area (Å²) in [6, 6.07) is 7.60. The molecule has 1 atom stereocenters. The summed E-state index contributed by atoms with van der Waals surface area (Å²) >= 11 is 0. The van der Waals surface area contributed by atoms with Crippen molar-refractivity contribution < 1.29 is 9.84 Å². The van der Waals surface area contributed by atoms with E-state index in [2.05, 4.69) is 0 Å². The van der Waals surface area contributed by atoms with E-state index in [1.54, 1.807) is 11.6 Å². The van der Waals surface area contributed by atoms with Gasteiger partial charge in [0.25, 0.3) is 5.56 Å². The maximum Gasteiger partial charge on any atom is 0.260 e. The number of ether oxygens (including phenoxy) is 1. The number of aliphatic hydroxyl groups is 1. The molecule has 4 heteroatoms. The van der Waals surface area contributed by atoms with Gasteiger partial charge in [0.15, 0.2) is 0 Å². The molecule has 1 aliphatic heterocycles. The molecule has 2 heterocycles. The lowest BCUT2D eigenvalue weighted by Crippen LogP contribution is -2.39. The van der Waals surface area contributed by atoms with Gasteiger partial charge >= 0.3 is 0 Å². The van der Waals surface area contributed by atoms with Gasteiger partial charge in [0.2, 0.25) is 0 Å². The smallest absolute Gasteiger partial charge is 0.260 e. The monoisotopic (exact) mass is 259 g/mol. The first kappa shape index (κ1) is 12.2. The Morgan fingerprint density at radius 3 is 2.79 bits per heavy atom. The minimum absolute atomic E-state index is 0.184. The van der Waals surface area contributed by atoms with Gasteiger partial charge in [0.1, 0.15) is 11.4 Å². The van der Waals surface area contributed by atoms with Gasteiger partial charge in [-0.15, -0.1) is 0 Å². The predicted octanol–water partition coefficient (Wildman–Crippen LogP) is 2.13. The van der Waals surface area contributed by atoms with Crippen LogP contribution in [0.1, 0.15) is 31.9 Å². The number of rotatable bonds is 0. The summed E-state index contributed by atoms with van der Waals surface area (Å²) in [6.07, 6.45) is -0.352. The second kappa shape index (κ2) is 3.84. The van der Waals surface area contributed by atoms with Crippen LogP contribution >= 0.6 is 0 Å². The third-order valence-corrected chi connectivity index (χ3v) is 3.69. The fourth-order valence-corrected chi connectivity index (χ4v) is 2.78. The molecule has 0 amide bonds. The average molecular weight is 259 g/mol. The quantitative estimate of drug-likeness (QED) is 0.788. The van der Waals surface area contributed by atoms with Crippen molar-refractivity contribution in [1.82, 2.24) is 4.57 Å². The molecule has 0 aliphatic carbocycles. The number of aryl methyl sites for hydroxylation is 1. The van der Waals surface area contributed by atoms with Crippen molar-refractivity contribution in [2.45, 2.75) is 32.0 Å². The fourth-order valence-electron chi connectivity index (χ4n) is 2.78. The molecule has 0 fully saturated rings. The van der Waals surface area contributed by atoms with Gasteiger partial charge < -0.3 is 14.4 Å². The lowest BCUT2D eigenvalue weighted by molar-refractivity contribution is 0.0117. The normalized spacial score (nSPS) is 20.9. The number of aromatic nitrogens is 1. The van der Waals surface area contributed by atoms with Crippen LogP contribution in [0.2, 0.25) is 0 Å². The predicted molar refractivity (Wildman–Crippen MR) is 73.5 cm³/mol. The molecule has 1 aliphatic rings. The highest BCUT2D eigenvalue weighted by Gasteiger charge is 2.36. The van der Waals surface area contributed by atoms with E-state index in [-0.39, 0.29) is 5.56 Å². The molecule has 0 saturated heterocycles. The zero-order valence-electron chi connectivity index (χ0n) is 11.3. The van der Waals surface area contributed by atoms with Gasteiger partial charge in [-0.3, -0.25) is 4.79 Å². The van der Waals surface area contributed by atoms with Crippen molar-refractivity contribution in [3.63, 3.8) is 0 Å². The summed E-state index contributed by atoms with van der Waals surface area (Å²) in [4.78, 5) is 12.4. The lowest BCUT2D eigenvalue weighted by Gasteiger charge is -2.36. The summed E-state index contributed by atoms with van der Waals surface area (Å²) in [5.74, 6) is 0.530. The molecule has 1 unspecified atom stereocenters. The maximum absolute atomic E-state index is 12.4. The van der Waals surface area contributed by atoms with Crippen LogP contribution in [0.3, 0.4) is 0 Å². The van der Waals surface area contributed by atoms with Crippen molar-refractivity contribution in [3.05, 3.63) is 40.2 Å². The van der Waals surface area contributed by atoms with E-state index >= 15 is 0 Å². The fraction of sp³-hybridized carbons (Fsp3) is 0.400. The minimum Gasteiger partial charge on any atom is -0.486 e. The van der Waals surface area contributed by atoms with E-state index in [0.29, 0.717) is 17.7 Å². The first-order chi connectivity index (χ1) is 8.91. The molecule has 1 N–H and O–H groups in total. The molecule has 19 heavy (non-hydrogen) atoms. The molecular weight excluding hydrogens is 242 g/mol.